The van der Waals surface area contributed by atoms with Gasteiger partial charge in [-0.3, -0.25) is 0 Å². The van der Waals surface area contributed by atoms with Crippen molar-refractivity contribution in [2.75, 3.05) is 6.61 Å². The summed E-state index contributed by atoms with van der Waals surface area (Å²) >= 11 is 0. The van der Waals surface area contributed by atoms with Crippen LogP contribution in [-0.2, 0) is 19.0 Å². The number of hydrogen-bond acceptors (Lipinski definition) is 5. The monoisotopic (exact) mass is 258 g/mol. The van der Waals surface area contributed by atoms with Gasteiger partial charge in [0.15, 0.2) is 0 Å². The summed E-state index contributed by atoms with van der Waals surface area (Å²) in [5.74, 6) is -0.445. The summed E-state index contributed by atoms with van der Waals surface area (Å²) in [6, 6.07) is 0. The number of ether oxygens (including phenoxy) is 3. The molecule has 5 heteroatoms. The van der Waals surface area contributed by atoms with Crippen LogP contribution in [0.5, 0.6) is 0 Å². The molecule has 1 atom stereocenters. The summed E-state index contributed by atoms with van der Waals surface area (Å²) in [5.41, 5.74) is -0.237. The summed E-state index contributed by atoms with van der Waals surface area (Å²) in [6.45, 7) is 12.2. The molecule has 18 heavy (non-hydrogen) atoms. The third-order valence-corrected chi connectivity index (χ3v) is 1.79. The predicted molar refractivity (Wildman–Crippen MR) is 67.2 cm³/mol. The summed E-state index contributed by atoms with van der Waals surface area (Å²) in [6.07, 6.45) is -0.683. The highest BCUT2D eigenvalue weighted by molar-refractivity contribution is 5.86. The molecule has 1 unspecified atom stereocenters. The largest absolute Gasteiger partial charge is 0.509 e. The molecule has 0 aromatic carbocycles. The Labute approximate surface area is 108 Å². The fraction of sp³-hybridized carbons (Fsp3) is 0.692. The van der Waals surface area contributed by atoms with E-state index in [9.17, 15) is 9.59 Å². The lowest BCUT2D eigenvalue weighted by molar-refractivity contribution is -0.139. The maximum Gasteiger partial charge on any atom is 0.509 e. The van der Waals surface area contributed by atoms with Gasteiger partial charge in [0.1, 0.15) is 11.7 Å². The van der Waals surface area contributed by atoms with Crippen LogP contribution in [0, 0.1) is 0 Å². The highest BCUT2D eigenvalue weighted by atomic mass is 16.7. The second-order valence-electron chi connectivity index (χ2n) is 5.10. The zero-order chi connectivity index (χ0) is 14.3. The van der Waals surface area contributed by atoms with Gasteiger partial charge in [-0.15, -0.1) is 0 Å². The molecule has 0 aromatic rings. The van der Waals surface area contributed by atoms with Gasteiger partial charge in [0, 0.05) is 12.0 Å². The van der Waals surface area contributed by atoms with E-state index in [0.717, 1.165) is 0 Å². The molecule has 0 radical (unpaired) electrons. The van der Waals surface area contributed by atoms with Crippen molar-refractivity contribution in [1.29, 1.82) is 0 Å². The van der Waals surface area contributed by atoms with Crippen LogP contribution >= 0.6 is 0 Å². The van der Waals surface area contributed by atoms with Crippen LogP contribution in [0.25, 0.3) is 0 Å². The molecule has 0 saturated heterocycles. The molecule has 0 heterocycles. The Morgan fingerprint density at radius 1 is 1.28 bits per heavy atom. The first-order valence-corrected chi connectivity index (χ1v) is 5.84. The molecule has 0 saturated carbocycles. The molecule has 104 valence electrons. The molecule has 0 aliphatic heterocycles. The molecule has 5 nitrogen and oxygen atoms in total. The van der Waals surface area contributed by atoms with E-state index in [-0.39, 0.29) is 12.7 Å². The lowest BCUT2D eigenvalue weighted by Gasteiger charge is -2.21. The average molecular weight is 258 g/mol. The fourth-order valence-electron chi connectivity index (χ4n) is 0.938. The van der Waals surface area contributed by atoms with Crippen molar-refractivity contribution >= 4 is 12.1 Å². The summed E-state index contributed by atoms with van der Waals surface area (Å²) in [4.78, 5) is 22.4. The van der Waals surface area contributed by atoms with Gasteiger partial charge >= 0.3 is 12.1 Å². The van der Waals surface area contributed by atoms with Crippen LogP contribution in [0.3, 0.4) is 0 Å². The van der Waals surface area contributed by atoms with Crippen LogP contribution in [0.4, 0.5) is 4.79 Å². The Balaban J connectivity index is 3.84. The Morgan fingerprint density at radius 3 is 2.28 bits per heavy atom. The molecular formula is C13H22O5. The smallest absolute Gasteiger partial charge is 0.462 e. The number of carbonyl (C=O) groups is 2. The van der Waals surface area contributed by atoms with Gasteiger partial charge in [-0.1, -0.05) is 6.58 Å². The van der Waals surface area contributed by atoms with Gasteiger partial charge in [0.2, 0.25) is 0 Å². The summed E-state index contributed by atoms with van der Waals surface area (Å²) < 4.78 is 14.9. The van der Waals surface area contributed by atoms with Gasteiger partial charge in [0.25, 0.3) is 0 Å². The molecule has 0 aliphatic carbocycles. The van der Waals surface area contributed by atoms with Crippen molar-refractivity contribution in [3.8, 4) is 0 Å². The highest BCUT2D eigenvalue weighted by Gasteiger charge is 2.19. The van der Waals surface area contributed by atoms with E-state index in [2.05, 4.69) is 6.58 Å². The van der Waals surface area contributed by atoms with E-state index >= 15 is 0 Å². The van der Waals surface area contributed by atoms with Crippen molar-refractivity contribution in [1.82, 2.24) is 0 Å². The Morgan fingerprint density at radius 2 is 1.83 bits per heavy atom. The Kier molecular flexibility index (Phi) is 6.44. The van der Waals surface area contributed by atoms with Gasteiger partial charge in [-0.05, 0) is 34.6 Å². The summed E-state index contributed by atoms with van der Waals surface area (Å²) in [5, 5.41) is 0. The predicted octanol–water partition coefficient (Wildman–Crippen LogP) is 2.84. The lowest BCUT2D eigenvalue weighted by Crippen LogP contribution is -2.27. The zero-order valence-electron chi connectivity index (χ0n) is 11.7. The molecule has 0 aliphatic rings. The first kappa shape index (κ1) is 16.5. The van der Waals surface area contributed by atoms with E-state index < -0.39 is 17.7 Å². The van der Waals surface area contributed by atoms with Gasteiger partial charge in [-0.2, -0.15) is 0 Å². The number of carbonyl (C=O) groups excluding carboxylic acids is 2. The molecule has 0 N–H and O–H groups in total. The maximum absolute atomic E-state index is 11.3. The minimum atomic E-state index is -0.721. The van der Waals surface area contributed by atoms with E-state index in [1.165, 1.54) is 0 Å². The van der Waals surface area contributed by atoms with Crippen LogP contribution in [-0.4, -0.2) is 30.4 Å². The topological polar surface area (TPSA) is 61.8 Å². The van der Waals surface area contributed by atoms with Gasteiger partial charge < -0.3 is 14.2 Å². The molecule has 0 aromatic heterocycles. The van der Waals surface area contributed by atoms with Crippen LogP contribution in [0.1, 0.15) is 41.0 Å². The van der Waals surface area contributed by atoms with E-state index in [1.54, 1.807) is 34.6 Å². The second kappa shape index (κ2) is 7.03. The molecule has 0 rings (SSSR count). The minimum absolute atomic E-state index is 0.176. The molecule has 0 bridgehead atoms. The highest BCUT2D eigenvalue weighted by Crippen LogP contribution is 2.10. The second-order valence-corrected chi connectivity index (χ2v) is 5.10. The summed E-state index contributed by atoms with van der Waals surface area (Å²) in [7, 11) is 0. The molecule has 0 amide bonds. The number of rotatable bonds is 5. The molecule has 0 fully saturated rings. The molecule has 0 spiro atoms. The zero-order valence-corrected chi connectivity index (χ0v) is 11.7. The number of esters is 1. The van der Waals surface area contributed by atoms with Crippen molar-refractivity contribution < 1.29 is 23.8 Å². The van der Waals surface area contributed by atoms with Crippen molar-refractivity contribution in [2.24, 2.45) is 0 Å². The fourth-order valence-corrected chi connectivity index (χ4v) is 0.938. The quantitative estimate of drug-likeness (QED) is 0.560. The van der Waals surface area contributed by atoms with E-state index in [0.29, 0.717) is 12.0 Å². The van der Waals surface area contributed by atoms with Crippen LogP contribution in [0.2, 0.25) is 0 Å². The molecular weight excluding hydrogens is 236 g/mol. The third-order valence-electron chi connectivity index (χ3n) is 1.79. The third kappa shape index (κ3) is 8.61. The SMILES string of the molecule is C=C(C)C(=O)OCCC(C)OC(=O)OC(C)(C)C. The van der Waals surface area contributed by atoms with Gasteiger partial charge in [-0.25, -0.2) is 9.59 Å². The van der Waals surface area contributed by atoms with Crippen molar-refractivity contribution in [3.63, 3.8) is 0 Å². The normalized spacial score (nSPS) is 12.5. The minimum Gasteiger partial charge on any atom is -0.462 e. The first-order valence-electron chi connectivity index (χ1n) is 5.84. The van der Waals surface area contributed by atoms with Crippen LogP contribution < -0.4 is 0 Å². The van der Waals surface area contributed by atoms with Crippen LogP contribution in [0.15, 0.2) is 12.2 Å². The number of hydrogen-bond donors (Lipinski definition) is 0. The van der Waals surface area contributed by atoms with E-state index in [1.807, 2.05) is 0 Å². The van der Waals surface area contributed by atoms with Crippen molar-refractivity contribution in [2.45, 2.75) is 52.7 Å². The lowest BCUT2D eigenvalue weighted by atomic mass is 10.2. The standard InChI is InChI=1S/C13H22O5/c1-9(2)11(14)16-8-7-10(3)17-12(15)18-13(4,5)6/h10H,1,7-8H2,2-6H3. The Bertz CT molecular complexity index is 314. The average Bonchev–Trinajstić information content (AvgIpc) is 2.13. The van der Waals surface area contributed by atoms with Gasteiger partial charge in [0.05, 0.1) is 6.61 Å². The first-order chi connectivity index (χ1) is 8.11. The van der Waals surface area contributed by atoms with Crippen molar-refractivity contribution in [3.05, 3.63) is 12.2 Å². The van der Waals surface area contributed by atoms with E-state index in [4.69, 9.17) is 14.2 Å². The maximum atomic E-state index is 11.3. The Hall–Kier alpha value is -1.52.